The molecule has 5 nitrogen and oxygen atoms in total. The van der Waals surface area contributed by atoms with Crippen LogP contribution in [0.25, 0.3) is 0 Å². The maximum atomic E-state index is 12.7. The first-order valence-corrected chi connectivity index (χ1v) is 8.37. The number of hydrogen-bond acceptors (Lipinski definition) is 3. The lowest BCUT2D eigenvalue weighted by molar-refractivity contribution is 0.0749. The molecular formula is C15H25ClN4O. The highest BCUT2D eigenvalue weighted by molar-refractivity contribution is 6.18. The molecule has 0 spiro atoms. The minimum atomic E-state index is 0.108. The number of amides is 1. The van der Waals surface area contributed by atoms with Crippen molar-refractivity contribution < 1.29 is 4.79 Å². The molecule has 1 aliphatic rings. The van der Waals surface area contributed by atoms with Gasteiger partial charge in [0, 0.05) is 38.6 Å². The predicted molar refractivity (Wildman–Crippen MR) is 85.0 cm³/mol. The van der Waals surface area contributed by atoms with Crippen LogP contribution < -0.4 is 0 Å². The van der Waals surface area contributed by atoms with E-state index in [0.29, 0.717) is 5.88 Å². The monoisotopic (exact) mass is 312 g/mol. The first kappa shape index (κ1) is 16.3. The number of carbonyl (C=O) groups excluding carboxylic acids is 1. The van der Waals surface area contributed by atoms with Crippen LogP contribution in [-0.4, -0.2) is 64.1 Å². The molecule has 0 radical (unpaired) electrons. The highest BCUT2D eigenvalue weighted by Gasteiger charge is 2.23. The fourth-order valence-electron chi connectivity index (χ4n) is 2.74. The highest BCUT2D eigenvalue weighted by Crippen LogP contribution is 2.12. The number of halogens is 1. The Balaban J connectivity index is 2.07. The van der Waals surface area contributed by atoms with Gasteiger partial charge in [0.1, 0.15) is 5.69 Å². The van der Waals surface area contributed by atoms with Crippen molar-refractivity contribution in [1.82, 2.24) is 19.6 Å². The Kier molecular flexibility index (Phi) is 6.06. The van der Waals surface area contributed by atoms with Crippen molar-refractivity contribution in [3.63, 3.8) is 0 Å². The summed E-state index contributed by atoms with van der Waals surface area (Å²) in [7, 11) is 0. The predicted octanol–water partition coefficient (Wildman–Crippen LogP) is 1.85. The molecule has 21 heavy (non-hydrogen) atoms. The molecule has 0 aliphatic carbocycles. The molecule has 1 aromatic heterocycles. The zero-order chi connectivity index (χ0) is 15.2. The quantitative estimate of drug-likeness (QED) is 0.779. The van der Waals surface area contributed by atoms with Gasteiger partial charge in [0.25, 0.3) is 5.91 Å². The molecule has 0 atom stereocenters. The van der Waals surface area contributed by atoms with Gasteiger partial charge in [-0.15, -0.1) is 11.6 Å². The van der Waals surface area contributed by atoms with E-state index >= 15 is 0 Å². The molecule has 0 N–H and O–H groups in total. The Morgan fingerprint density at radius 1 is 1.29 bits per heavy atom. The zero-order valence-electron chi connectivity index (χ0n) is 13.0. The Bertz CT molecular complexity index is 474. The van der Waals surface area contributed by atoms with Gasteiger partial charge in [0.05, 0.1) is 5.69 Å². The van der Waals surface area contributed by atoms with Crippen molar-refractivity contribution in [3.8, 4) is 0 Å². The molecule has 6 heteroatoms. The lowest BCUT2D eigenvalue weighted by Gasteiger charge is -2.21. The molecule has 0 saturated carbocycles. The Hall–Kier alpha value is -1.07. The van der Waals surface area contributed by atoms with Crippen molar-refractivity contribution in [2.24, 2.45) is 0 Å². The van der Waals surface area contributed by atoms with Gasteiger partial charge in [-0.1, -0.05) is 6.92 Å². The zero-order valence-corrected chi connectivity index (χ0v) is 13.8. The second-order valence-corrected chi connectivity index (χ2v) is 5.74. The smallest absolute Gasteiger partial charge is 0.272 e. The average Bonchev–Trinajstić information content (AvgIpc) is 2.79. The normalized spacial score (nSPS) is 17.0. The second kappa shape index (κ2) is 7.80. The van der Waals surface area contributed by atoms with E-state index in [1.807, 2.05) is 22.6 Å². The fourth-order valence-corrected chi connectivity index (χ4v) is 2.97. The minimum absolute atomic E-state index is 0.108. The van der Waals surface area contributed by atoms with Crippen molar-refractivity contribution in [3.05, 3.63) is 17.5 Å². The van der Waals surface area contributed by atoms with Gasteiger partial charge in [0.15, 0.2) is 0 Å². The van der Waals surface area contributed by atoms with Gasteiger partial charge in [0.2, 0.25) is 0 Å². The summed E-state index contributed by atoms with van der Waals surface area (Å²) in [6.07, 6.45) is 1.86. The van der Waals surface area contributed by atoms with E-state index in [1.54, 1.807) is 0 Å². The fraction of sp³-hybridized carbons (Fsp3) is 0.733. The highest BCUT2D eigenvalue weighted by atomic mass is 35.5. The van der Waals surface area contributed by atoms with Gasteiger partial charge in [-0.25, -0.2) is 0 Å². The van der Waals surface area contributed by atoms with E-state index in [4.69, 9.17) is 11.6 Å². The lowest BCUT2D eigenvalue weighted by Crippen LogP contribution is -2.36. The largest absolute Gasteiger partial charge is 0.336 e. The van der Waals surface area contributed by atoms with E-state index in [-0.39, 0.29) is 5.91 Å². The molecule has 1 saturated heterocycles. The van der Waals surface area contributed by atoms with Crippen LogP contribution in [0.5, 0.6) is 0 Å². The van der Waals surface area contributed by atoms with Gasteiger partial charge < -0.3 is 9.80 Å². The van der Waals surface area contributed by atoms with E-state index in [9.17, 15) is 4.79 Å². The third kappa shape index (κ3) is 3.98. The maximum absolute atomic E-state index is 12.7. The third-order valence-electron chi connectivity index (χ3n) is 3.99. The molecule has 118 valence electrons. The molecule has 2 rings (SSSR count). The van der Waals surface area contributed by atoms with E-state index in [2.05, 4.69) is 16.9 Å². The summed E-state index contributed by atoms with van der Waals surface area (Å²) in [5, 5.41) is 4.47. The van der Waals surface area contributed by atoms with Gasteiger partial charge in [-0.05, 0) is 32.4 Å². The number of rotatable bonds is 5. The van der Waals surface area contributed by atoms with Crippen LogP contribution in [0.4, 0.5) is 0 Å². The van der Waals surface area contributed by atoms with Gasteiger partial charge in [-0.3, -0.25) is 9.48 Å². The number of nitrogens with zero attached hydrogens (tertiary/aromatic N) is 4. The molecular weight excluding hydrogens is 288 g/mol. The molecule has 1 aliphatic heterocycles. The second-order valence-electron chi connectivity index (χ2n) is 5.37. The molecule has 1 amide bonds. The van der Waals surface area contributed by atoms with Crippen molar-refractivity contribution in [2.75, 3.05) is 38.6 Å². The maximum Gasteiger partial charge on any atom is 0.272 e. The van der Waals surface area contributed by atoms with E-state index in [0.717, 1.165) is 63.5 Å². The SMILES string of the molecule is CCc1cc(C(=O)N2CCCN(CCCl)CC2)n(CC)n1. The third-order valence-corrected chi connectivity index (χ3v) is 4.16. The summed E-state index contributed by atoms with van der Waals surface area (Å²) >= 11 is 5.81. The summed E-state index contributed by atoms with van der Waals surface area (Å²) in [5.41, 5.74) is 1.71. The number of hydrogen-bond donors (Lipinski definition) is 0. The number of aromatic nitrogens is 2. The molecule has 0 aromatic carbocycles. The molecule has 0 unspecified atom stereocenters. The summed E-state index contributed by atoms with van der Waals surface area (Å²) in [4.78, 5) is 17.0. The van der Waals surface area contributed by atoms with Crippen molar-refractivity contribution in [1.29, 1.82) is 0 Å². The topological polar surface area (TPSA) is 41.4 Å². The summed E-state index contributed by atoms with van der Waals surface area (Å²) in [5.74, 6) is 0.757. The number of alkyl halides is 1. The standard InChI is InChI=1S/C15H25ClN4O/c1-3-13-12-14(20(4-2)17-13)15(21)19-8-5-7-18(9-6-16)10-11-19/h12H,3-11H2,1-2H3. The van der Waals surface area contributed by atoms with Crippen LogP contribution in [-0.2, 0) is 13.0 Å². The molecule has 0 bridgehead atoms. The minimum Gasteiger partial charge on any atom is -0.336 e. The van der Waals surface area contributed by atoms with Crippen molar-refractivity contribution >= 4 is 17.5 Å². The Morgan fingerprint density at radius 2 is 2.10 bits per heavy atom. The summed E-state index contributed by atoms with van der Waals surface area (Å²) in [6, 6.07) is 1.94. The molecule has 2 heterocycles. The number of aryl methyl sites for hydroxylation is 2. The van der Waals surface area contributed by atoms with Crippen LogP contribution in [0, 0.1) is 0 Å². The van der Waals surface area contributed by atoms with E-state index in [1.165, 1.54) is 0 Å². The van der Waals surface area contributed by atoms with Gasteiger partial charge >= 0.3 is 0 Å². The van der Waals surface area contributed by atoms with E-state index < -0.39 is 0 Å². The van der Waals surface area contributed by atoms with Crippen LogP contribution in [0.2, 0.25) is 0 Å². The van der Waals surface area contributed by atoms with Crippen LogP contribution >= 0.6 is 11.6 Å². The first-order chi connectivity index (χ1) is 10.2. The van der Waals surface area contributed by atoms with Gasteiger partial charge in [-0.2, -0.15) is 5.10 Å². The Labute approximate surface area is 131 Å². The van der Waals surface area contributed by atoms with Crippen LogP contribution in [0.1, 0.15) is 36.5 Å². The Morgan fingerprint density at radius 3 is 2.76 bits per heavy atom. The lowest BCUT2D eigenvalue weighted by atomic mass is 10.2. The average molecular weight is 313 g/mol. The first-order valence-electron chi connectivity index (χ1n) is 7.83. The molecule has 1 fully saturated rings. The summed E-state index contributed by atoms with van der Waals surface area (Å²) < 4.78 is 1.82. The summed E-state index contributed by atoms with van der Waals surface area (Å²) in [6.45, 7) is 9.22. The van der Waals surface area contributed by atoms with Crippen molar-refractivity contribution in [2.45, 2.75) is 33.2 Å². The molecule has 1 aromatic rings. The number of carbonyl (C=O) groups is 1. The van der Waals surface area contributed by atoms with Crippen LogP contribution in [0.15, 0.2) is 6.07 Å². The van der Waals surface area contributed by atoms with Crippen LogP contribution in [0.3, 0.4) is 0 Å².